The topological polar surface area (TPSA) is 99.2 Å². The Hall–Kier alpha value is -4.46. The number of rotatable bonds is 5. The van der Waals surface area contributed by atoms with Crippen LogP contribution in [0.15, 0.2) is 84.8 Å². The Bertz CT molecular complexity index is 1470. The van der Waals surface area contributed by atoms with E-state index in [1.807, 2.05) is 64.2 Å². The number of likely N-dealkylation sites (tertiary alicyclic amines) is 1. The van der Waals surface area contributed by atoms with Gasteiger partial charge in [0, 0.05) is 24.2 Å². The van der Waals surface area contributed by atoms with Crippen molar-refractivity contribution in [3.63, 3.8) is 0 Å². The minimum atomic E-state index is -0.0500. The highest BCUT2D eigenvalue weighted by atomic mass is 16.5. The number of fused-ring (bicyclic) bond motifs is 1. The van der Waals surface area contributed by atoms with Crippen molar-refractivity contribution in [3.8, 4) is 22.8 Å². The first-order valence-corrected chi connectivity index (χ1v) is 11.6. The van der Waals surface area contributed by atoms with Gasteiger partial charge in [-0.1, -0.05) is 24.8 Å². The van der Waals surface area contributed by atoms with Crippen molar-refractivity contribution >= 4 is 22.8 Å². The molecule has 2 aromatic heterocycles. The Kier molecular flexibility index (Phi) is 5.06. The van der Waals surface area contributed by atoms with Gasteiger partial charge < -0.3 is 15.4 Å². The minimum Gasteiger partial charge on any atom is -0.457 e. The SMILES string of the molecule is C=CC(=O)N1CCC2=C1CC(n1nc(-c3ccc(Oc4ccccc4)cc3)c3c(N)ncnc31)C2. The number of hydrogen-bond donors (Lipinski definition) is 1. The van der Waals surface area contributed by atoms with E-state index in [0.717, 1.165) is 59.6 Å². The van der Waals surface area contributed by atoms with Crippen molar-refractivity contribution in [2.75, 3.05) is 12.3 Å². The Balaban J connectivity index is 1.33. The second-order valence-corrected chi connectivity index (χ2v) is 8.75. The number of carbonyl (C=O) groups excluding carboxylic acids is 1. The predicted octanol–water partition coefficient (Wildman–Crippen LogP) is 4.88. The van der Waals surface area contributed by atoms with Crippen LogP contribution in [0.5, 0.6) is 11.5 Å². The maximum atomic E-state index is 12.3. The molecule has 3 heterocycles. The van der Waals surface area contributed by atoms with Gasteiger partial charge in [-0.2, -0.15) is 5.10 Å². The molecule has 8 nitrogen and oxygen atoms in total. The molecule has 2 aromatic carbocycles. The molecule has 0 fully saturated rings. The molecule has 2 N–H and O–H groups in total. The Morgan fingerprint density at radius 2 is 1.83 bits per heavy atom. The van der Waals surface area contributed by atoms with Crippen LogP contribution in [-0.2, 0) is 4.79 Å². The zero-order valence-corrected chi connectivity index (χ0v) is 19.1. The van der Waals surface area contributed by atoms with Crippen LogP contribution in [0.2, 0.25) is 0 Å². The van der Waals surface area contributed by atoms with Crippen LogP contribution >= 0.6 is 0 Å². The van der Waals surface area contributed by atoms with Crippen LogP contribution < -0.4 is 10.5 Å². The third-order valence-corrected chi connectivity index (χ3v) is 6.69. The van der Waals surface area contributed by atoms with E-state index >= 15 is 0 Å². The van der Waals surface area contributed by atoms with Crippen LogP contribution in [0.1, 0.15) is 25.3 Å². The standard InChI is InChI=1S/C27H24N6O2/c1-2-23(34)32-13-12-18-14-19(15-22(18)32)33-27-24(26(28)29-16-30-27)25(31-33)17-8-10-21(11-9-17)35-20-6-4-3-5-7-20/h2-11,16,19H,1,12-15H2,(H2,28,29,30). The van der Waals surface area contributed by atoms with Crippen molar-refractivity contribution in [2.45, 2.75) is 25.3 Å². The number of ether oxygens (including phenoxy) is 1. The molecule has 0 spiro atoms. The summed E-state index contributed by atoms with van der Waals surface area (Å²) in [7, 11) is 0. The molecule has 8 heteroatoms. The largest absolute Gasteiger partial charge is 0.457 e. The smallest absolute Gasteiger partial charge is 0.250 e. The highest BCUT2D eigenvalue weighted by molar-refractivity contribution is 5.98. The quantitative estimate of drug-likeness (QED) is 0.423. The Morgan fingerprint density at radius 1 is 1.06 bits per heavy atom. The first-order chi connectivity index (χ1) is 17.1. The van der Waals surface area contributed by atoms with Gasteiger partial charge in [-0.05, 0) is 60.9 Å². The van der Waals surface area contributed by atoms with Crippen LogP contribution in [0.3, 0.4) is 0 Å². The summed E-state index contributed by atoms with van der Waals surface area (Å²) >= 11 is 0. The molecule has 0 saturated heterocycles. The molecule has 35 heavy (non-hydrogen) atoms. The zero-order chi connectivity index (χ0) is 23.9. The third kappa shape index (κ3) is 3.63. The van der Waals surface area contributed by atoms with Crippen molar-refractivity contribution in [1.82, 2.24) is 24.6 Å². The van der Waals surface area contributed by atoms with Gasteiger partial charge in [0.15, 0.2) is 5.65 Å². The van der Waals surface area contributed by atoms with E-state index in [1.165, 1.54) is 18.0 Å². The van der Waals surface area contributed by atoms with E-state index < -0.39 is 0 Å². The third-order valence-electron chi connectivity index (χ3n) is 6.69. The van der Waals surface area contributed by atoms with Gasteiger partial charge in [0.25, 0.3) is 0 Å². The van der Waals surface area contributed by atoms with Crippen molar-refractivity contribution < 1.29 is 9.53 Å². The lowest BCUT2D eigenvalue weighted by Crippen LogP contribution is -2.26. The summed E-state index contributed by atoms with van der Waals surface area (Å²) < 4.78 is 7.88. The number of hydrogen-bond acceptors (Lipinski definition) is 6. The van der Waals surface area contributed by atoms with Crippen LogP contribution in [0.25, 0.3) is 22.3 Å². The fraction of sp³-hybridized carbons (Fsp3) is 0.185. The van der Waals surface area contributed by atoms with E-state index in [4.69, 9.17) is 15.6 Å². The molecule has 1 aliphatic carbocycles. The van der Waals surface area contributed by atoms with Gasteiger partial charge in [0.1, 0.15) is 29.3 Å². The lowest BCUT2D eigenvalue weighted by Gasteiger charge is -2.20. The predicted molar refractivity (Wildman–Crippen MR) is 134 cm³/mol. The van der Waals surface area contributed by atoms with Gasteiger partial charge >= 0.3 is 0 Å². The monoisotopic (exact) mass is 464 g/mol. The molecular weight excluding hydrogens is 440 g/mol. The fourth-order valence-electron chi connectivity index (χ4n) is 5.05. The molecule has 1 amide bonds. The van der Waals surface area contributed by atoms with Crippen molar-refractivity contribution in [1.29, 1.82) is 0 Å². The van der Waals surface area contributed by atoms with E-state index in [1.54, 1.807) is 0 Å². The number of para-hydroxylation sites is 1. The summed E-state index contributed by atoms with van der Waals surface area (Å²) in [6, 6.07) is 17.5. The number of aromatic nitrogens is 4. The summed E-state index contributed by atoms with van der Waals surface area (Å²) in [5, 5.41) is 5.71. The molecule has 1 atom stereocenters. The van der Waals surface area contributed by atoms with Gasteiger partial charge in [0.2, 0.25) is 5.91 Å². The highest BCUT2D eigenvalue weighted by Gasteiger charge is 2.36. The lowest BCUT2D eigenvalue weighted by molar-refractivity contribution is -0.123. The van der Waals surface area contributed by atoms with Gasteiger partial charge in [-0.25, -0.2) is 14.6 Å². The highest BCUT2D eigenvalue weighted by Crippen LogP contribution is 2.44. The van der Waals surface area contributed by atoms with E-state index in [-0.39, 0.29) is 11.9 Å². The second kappa shape index (κ2) is 8.39. The summed E-state index contributed by atoms with van der Waals surface area (Å²) in [5.74, 6) is 1.85. The maximum Gasteiger partial charge on any atom is 0.250 e. The Morgan fingerprint density at radius 3 is 2.60 bits per heavy atom. The molecule has 6 rings (SSSR count). The van der Waals surface area contributed by atoms with E-state index in [2.05, 4.69) is 16.5 Å². The first kappa shape index (κ1) is 21.1. The normalized spacial score (nSPS) is 17.1. The second-order valence-electron chi connectivity index (χ2n) is 8.75. The Labute approximate surface area is 202 Å². The van der Waals surface area contributed by atoms with Crippen LogP contribution in [-0.4, -0.2) is 37.1 Å². The number of benzene rings is 2. The average molecular weight is 465 g/mol. The van der Waals surface area contributed by atoms with Crippen LogP contribution in [0, 0.1) is 0 Å². The van der Waals surface area contributed by atoms with Gasteiger partial charge in [0.05, 0.1) is 11.4 Å². The van der Waals surface area contributed by atoms with E-state index in [0.29, 0.717) is 11.5 Å². The summed E-state index contributed by atoms with van der Waals surface area (Å²) in [6.45, 7) is 4.36. The molecule has 0 radical (unpaired) electrons. The molecule has 2 aliphatic rings. The molecule has 0 bridgehead atoms. The summed E-state index contributed by atoms with van der Waals surface area (Å²) in [4.78, 5) is 22.9. The fourth-order valence-corrected chi connectivity index (χ4v) is 5.05. The lowest BCUT2D eigenvalue weighted by atomic mass is 10.1. The molecular formula is C27H24N6O2. The number of nitrogens with zero attached hydrogens (tertiary/aromatic N) is 5. The van der Waals surface area contributed by atoms with E-state index in [9.17, 15) is 4.79 Å². The number of allylic oxidation sites excluding steroid dienone is 1. The van der Waals surface area contributed by atoms with Gasteiger partial charge in [-0.3, -0.25) is 4.79 Å². The minimum absolute atomic E-state index is 0.0500. The molecule has 174 valence electrons. The molecule has 1 aliphatic heterocycles. The van der Waals surface area contributed by atoms with Gasteiger partial charge in [-0.15, -0.1) is 0 Å². The first-order valence-electron chi connectivity index (χ1n) is 11.6. The zero-order valence-electron chi connectivity index (χ0n) is 19.1. The van der Waals surface area contributed by atoms with Crippen molar-refractivity contribution in [3.05, 3.63) is 84.8 Å². The average Bonchev–Trinajstić information content (AvgIpc) is 3.58. The number of nitrogen functional groups attached to an aromatic ring is 1. The number of nitrogens with two attached hydrogens (primary N) is 1. The number of carbonyl (C=O) groups is 1. The number of anilines is 1. The molecule has 0 saturated carbocycles. The number of amides is 1. The maximum absolute atomic E-state index is 12.3. The van der Waals surface area contributed by atoms with Crippen LogP contribution in [0.4, 0.5) is 5.82 Å². The summed E-state index contributed by atoms with van der Waals surface area (Å²) in [5.41, 5.74) is 11.0. The van der Waals surface area contributed by atoms with Crippen molar-refractivity contribution in [2.24, 2.45) is 0 Å². The molecule has 4 aromatic rings. The molecule has 1 unspecified atom stereocenters. The summed E-state index contributed by atoms with van der Waals surface area (Å²) in [6.07, 6.45) is 5.29.